The summed E-state index contributed by atoms with van der Waals surface area (Å²) in [6.07, 6.45) is 0.676. The van der Waals surface area contributed by atoms with Crippen LogP contribution in [0.5, 0.6) is 0 Å². The maximum atomic E-state index is 12.2. The van der Waals surface area contributed by atoms with Gasteiger partial charge in [-0.15, -0.1) is 0 Å². The summed E-state index contributed by atoms with van der Waals surface area (Å²) in [5.41, 5.74) is 3.08. The molecule has 0 aliphatic carbocycles. The first kappa shape index (κ1) is 14.7. The van der Waals surface area contributed by atoms with Crippen molar-refractivity contribution in [1.29, 1.82) is 0 Å². The largest absolute Gasteiger partial charge is 0.394 e. The Morgan fingerprint density at radius 2 is 2.06 bits per heavy atom. The molecular weight excluding hydrogens is 230 g/mol. The minimum absolute atomic E-state index is 0.0152. The number of rotatable bonds is 5. The molecule has 1 rings (SSSR count). The third kappa shape index (κ3) is 3.10. The van der Waals surface area contributed by atoms with Gasteiger partial charge in [0, 0.05) is 18.7 Å². The first-order valence-electron chi connectivity index (χ1n) is 6.26. The number of carbonyl (C=O) groups is 1. The number of hydrogen-bond donors (Lipinski definition) is 2. The topological polar surface area (TPSA) is 69.2 Å². The second-order valence-electron chi connectivity index (χ2n) is 5.00. The molecule has 0 bridgehead atoms. The molecule has 0 fully saturated rings. The molecule has 5 nitrogen and oxygen atoms in total. The van der Waals surface area contributed by atoms with Crippen LogP contribution in [0, 0.1) is 19.8 Å². The van der Waals surface area contributed by atoms with E-state index in [2.05, 4.69) is 10.2 Å². The van der Waals surface area contributed by atoms with Crippen LogP contribution in [-0.2, 0) is 11.2 Å². The summed E-state index contributed by atoms with van der Waals surface area (Å²) in [7, 11) is 1.73. The molecule has 0 aromatic carbocycles. The fourth-order valence-corrected chi connectivity index (χ4v) is 1.96. The van der Waals surface area contributed by atoms with E-state index in [0.29, 0.717) is 6.42 Å². The van der Waals surface area contributed by atoms with Gasteiger partial charge in [-0.05, 0) is 32.8 Å². The van der Waals surface area contributed by atoms with Gasteiger partial charge >= 0.3 is 0 Å². The van der Waals surface area contributed by atoms with E-state index in [1.54, 1.807) is 11.9 Å². The Balaban J connectivity index is 2.71. The van der Waals surface area contributed by atoms with Crippen LogP contribution in [0.15, 0.2) is 0 Å². The van der Waals surface area contributed by atoms with Crippen molar-refractivity contribution < 1.29 is 9.90 Å². The highest BCUT2D eigenvalue weighted by Crippen LogP contribution is 2.17. The third-order valence-corrected chi connectivity index (χ3v) is 3.49. The van der Waals surface area contributed by atoms with Gasteiger partial charge in [0.15, 0.2) is 0 Å². The van der Waals surface area contributed by atoms with E-state index < -0.39 is 0 Å². The second kappa shape index (κ2) is 6.00. The van der Waals surface area contributed by atoms with Crippen LogP contribution in [0.2, 0.25) is 0 Å². The van der Waals surface area contributed by atoms with Crippen molar-refractivity contribution in [1.82, 2.24) is 15.1 Å². The van der Waals surface area contributed by atoms with Crippen molar-refractivity contribution in [3.8, 4) is 0 Å². The first-order chi connectivity index (χ1) is 8.38. The van der Waals surface area contributed by atoms with Crippen LogP contribution in [0.4, 0.5) is 0 Å². The first-order valence-corrected chi connectivity index (χ1v) is 6.26. The van der Waals surface area contributed by atoms with E-state index in [9.17, 15) is 4.79 Å². The molecule has 1 heterocycles. The standard InChI is InChI=1S/C13H23N3O2/c1-8(13(18)16(5)9(2)7-17)6-12-10(3)14-15-11(12)4/h8-9,17H,6-7H2,1-5H3,(H,14,15). The number of hydrogen-bond acceptors (Lipinski definition) is 3. The lowest BCUT2D eigenvalue weighted by Crippen LogP contribution is -2.40. The molecule has 2 N–H and O–H groups in total. The summed E-state index contributed by atoms with van der Waals surface area (Å²) in [5, 5.41) is 16.1. The van der Waals surface area contributed by atoms with Gasteiger partial charge < -0.3 is 10.0 Å². The van der Waals surface area contributed by atoms with E-state index in [0.717, 1.165) is 17.0 Å². The monoisotopic (exact) mass is 253 g/mol. The Kier molecular flexibility index (Phi) is 4.90. The Labute approximate surface area is 108 Å². The fraction of sp³-hybridized carbons (Fsp3) is 0.692. The smallest absolute Gasteiger partial charge is 0.225 e. The van der Waals surface area contributed by atoms with E-state index in [1.165, 1.54) is 0 Å². The SMILES string of the molecule is Cc1n[nH]c(C)c1CC(C)C(=O)N(C)C(C)CO. The van der Waals surface area contributed by atoms with Crippen molar-refractivity contribution >= 4 is 5.91 Å². The summed E-state index contributed by atoms with van der Waals surface area (Å²) in [4.78, 5) is 13.8. The van der Waals surface area contributed by atoms with Crippen LogP contribution in [0.25, 0.3) is 0 Å². The molecule has 5 heteroatoms. The number of nitrogens with one attached hydrogen (secondary N) is 1. The van der Waals surface area contributed by atoms with Gasteiger partial charge in [-0.2, -0.15) is 5.10 Å². The van der Waals surface area contributed by atoms with Crippen LogP contribution in [-0.4, -0.2) is 45.8 Å². The molecule has 1 aromatic heterocycles. The van der Waals surface area contributed by atoms with Crippen LogP contribution in [0.1, 0.15) is 30.8 Å². The molecule has 1 aromatic rings. The molecule has 2 unspecified atom stereocenters. The second-order valence-corrected chi connectivity index (χ2v) is 5.00. The van der Waals surface area contributed by atoms with Crippen molar-refractivity contribution in [2.45, 2.75) is 40.2 Å². The summed E-state index contributed by atoms with van der Waals surface area (Å²) >= 11 is 0. The Morgan fingerprint density at radius 3 is 2.50 bits per heavy atom. The van der Waals surface area contributed by atoms with Crippen LogP contribution in [0.3, 0.4) is 0 Å². The molecule has 0 radical (unpaired) electrons. The van der Waals surface area contributed by atoms with Gasteiger partial charge in [0.2, 0.25) is 5.91 Å². The predicted molar refractivity (Wildman–Crippen MR) is 70.2 cm³/mol. The fourth-order valence-electron chi connectivity index (χ4n) is 1.96. The van der Waals surface area contributed by atoms with Gasteiger partial charge in [-0.25, -0.2) is 0 Å². The lowest BCUT2D eigenvalue weighted by molar-refractivity contribution is -0.136. The summed E-state index contributed by atoms with van der Waals surface area (Å²) < 4.78 is 0. The van der Waals surface area contributed by atoms with Gasteiger partial charge in [0.25, 0.3) is 0 Å². The molecule has 18 heavy (non-hydrogen) atoms. The predicted octanol–water partition coefficient (Wildman–Crippen LogP) is 1.04. The highest BCUT2D eigenvalue weighted by atomic mass is 16.3. The molecule has 1 amide bonds. The number of amides is 1. The number of aromatic amines is 1. The Morgan fingerprint density at radius 1 is 1.44 bits per heavy atom. The third-order valence-electron chi connectivity index (χ3n) is 3.49. The van der Waals surface area contributed by atoms with Crippen molar-refractivity contribution in [2.24, 2.45) is 5.92 Å². The number of aromatic nitrogens is 2. The average molecular weight is 253 g/mol. The molecule has 102 valence electrons. The van der Waals surface area contributed by atoms with Crippen LogP contribution >= 0.6 is 0 Å². The molecule has 2 atom stereocenters. The molecule has 0 saturated carbocycles. The number of carbonyl (C=O) groups excluding carboxylic acids is 1. The molecule has 0 spiro atoms. The average Bonchev–Trinajstić information content (AvgIpc) is 2.67. The maximum Gasteiger partial charge on any atom is 0.225 e. The van der Waals surface area contributed by atoms with Crippen molar-refractivity contribution in [3.05, 3.63) is 17.0 Å². The summed E-state index contributed by atoms with van der Waals surface area (Å²) in [6.45, 7) is 7.63. The van der Waals surface area contributed by atoms with E-state index in [-0.39, 0.29) is 24.5 Å². The van der Waals surface area contributed by atoms with Crippen LogP contribution < -0.4 is 0 Å². The number of nitrogens with zero attached hydrogens (tertiary/aromatic N) is 2. The number of aliphatic hydroxyl groups excluding tert-OH is 1. The zero-order valence-corrected chi connectivity index (χ0v) is 11.8. The highest BCUT2D eigenvalue weighted by Gasteiger charge is 2.23. The number of aliphatic hydroxyl groups is 1. The minimum atomic E-state index is -0.147. The minimum Gasteiger partial charge on any atom is -0.394 e. The zero-order chi connectivity index (χ0) is 13.9. The highest BCUT2D eigenvalue weighted by molar-refractivity contribution is 5.78. The number of aryl methyl sites for hydroxylation is 2. The van der Waals surface area contributed by atoms with Gasteiger partial charge in [-0.3, -0.25) is 9.89 Å². The molecular formula is C13H23N3O2. The Hall–Kier alpha value is -1.36. The number of H-pyrrole nitrogens is 1. The van der Waals surface area contributed by atoms with Crippen molar-refractivity contribution in [3.63, 3.8) is 0 Å². The van der Waals surface area contributed by atoms with E-state index in [1.807, 2.05) is 27.7 Å². The molecule has 0 aliphatic rings. The number of likely N-dealkylation sites (N-methyl/N-ethyl adjacent to an activating group) is 1. The molecule has 0 aliphatic heterocycles. The summed E-state index contributed by atoms with van der Waals surface area (Å²) in [6, 6.07) is -0.147. The maximum absolute atomic E-state index is 12.2. The Bertz CT molecular complexity index is 395. The normalized spacial score (nSPS) is 14.3. The lowest BCUT2D eigenvalue weighted by atomic mass is 9.98. The van der Waals surface area contributed by atoms with Crippen molar-refractivity contribution in [2.75, 3.05) is 13.7 Å². The van der Waals surface area contributed by atoms with Gasteiger partial charge in [-0.1, -0.05) is 6.92 Å². The lowest BCUT2D eigenvalue weighted by Gasteiger charge is -2.26. The van der Waals surface area contributed by atoms with E-state index >= 15 is 0 Å². The van der Waals surface area contributed by atoms with Gasteiger partial charge in [0.1, 0.15) is 0 Å². The zero-order valence-electron chi connectivity index (χ0n) is 11.8. The van der Waals surface area contributed by atoms with Gasteiger partial charge in [0.05, 0.1) is 18.3 Å². The van der Waals surface area contributed by atoms with E-state index in [4.69, 9.17) is 5.11 Å². The molecule has 0 saturated heterocycles. The summed E-state index contributed by atoms with van der Waals surface area (Å²) in [5.74, 6) is -0.0597. The quantitative estimate of drug-likeness (QED) is 0.824.